The summed E-state index contributed by atoms with van der Waals surface area (Å²) in [6.07, 6.45) is 3.57. The lowest BCUT2D eigenvalue weighted by Gasteiger charge is -2.05. The second kappa shape index (κ2) is 6.37. The molecule has 2 heterocycles. The summed E-state index contributed by atoms with van der Waals surface area (Å²) in [7, 11) is 1.97. The second-order valence-electron chi connectivity index (χ2n) is 5.02. The molecule has 0 aliphatic carbocycles. The van der Waals surface area contributed by atoms with E-state index in [0.717, 1.165) is 35.5 Å². The zero-order chi connectivity index (χ0) is 14.5. The van der Waals surface area contributed by atoms with E-state index in [1.807, 2.05) is 49.7 Å². The van der Waals surface area contributed by atoms with Crippen LogP contribution in [0.1, 0.15) is 33.9 Å². The highest BCUT2D eigenvalue weighted by atomic mass is 16.1. The first-order valence-electron chi connectivity index (χ1n) is 6.90. The van der Waals surface area contributed by atoms with Gasteiger partial charge in [0.05, 0.1) is 5.56 Å². The summed E-state index contributed by atoms with van der Waals surface area (Å²) in [6.45, 7) is 4.64. The van der Waals surface area contributed by atoms with Crippen LogP contribution in [0.5, 0.6) is 0 Å². The zero-order valence-corrected chi connectivity index (χ0v) is 12.3. The highest BCUT2D eigenvalue weighted by Gasteiger charge is 2.13. The summed E-state index contributed by atoms with van der Waals surface area (Å²) < 4.78 is 2.03. The van der Waals surface area contributed by atoms with E-state index in [9.17, 15) is 4.79 Å². The van der Waals surface area contributed by atoms with Crippen LogP contribution in [0.25, 0.3) is 0 Å². The summed E-state index contributed by atoms with van der Waals surface area (Å²) in [5.41, 5.74) is 3.93. The minimum absolute atomic E-state index is 0.00669. The molecular weight excluding hydrogens is 250 g/mol. The van der Waals surface area contributed by atoms with Crippen LogP contribution in [0.15, 0.2) is 30.5 Å². The topological polar surface area (TPSA) is 46.9 Å². The van der Waals surface area contributed by atoms with E-state index in [1.165, 1.54) is 0 Å². The second-order valence-corrected chi connectivity index (χ2v) is 5.02. The van der Waals surface area contributed by atoms with Crippen LogP contribution in [0.2, 0.25) is 0 Å². The van der Waals surface area contributed by atoms with E-state index < -0.39 is 0 Å². The Bertz CT molecular complexity index is 587. The average Bonchev–Trinajstić information content (AvgIpc) is 2.72. The van der Waals surface area contributed by atoms with Crippen LogP contribution < -0.4 is 5.32 Å². The van der Waals surface area contributed by atoms with Gasteiger partial charge >= 0.3 is 0 Å². The number of aromatic nitrogens is 2. The van der Waals surface area contributed by atoms with Crippen LogP contribution in [0.3, 0.4) is 0 Å². The van der Waals surface area contributed by atoms with Crippen LogP contribution in [-0.4, -0.2) is 22.0 Å². The van der Waals surface area contributed by atoms with E-state index in [0.29, 0.717) is 6.54 Å². The first-order chi connectivity index (χ1) is 9.59. The molecule has 0 atom stereocenters. The Balaban J connectivity index is 1.82. The third-order valence-corrected chi connectivity index (χ3v) is 3.64. The number of hydrogen-bond acceptors (Lipinski definition) is 2. The fraction of sp³-hybridized carbons (Fsp3) is 0.375. The van der Waals surface area contributed by atoms with Gasteiger partial charge in [-0.15, -0.1) is 0 Å². The van der Waals surface area contributed by atoms with Crippen molar-refractivity contribution in [3.63, 3.8) is 0 Å². The third-order valence-electron chi connectivity index (χ3n) is 3.64. The molecule has 2 aromatic rings. The number of carbonyl (C=O) groups excluding carboxylic acids is 1. The van der Waals surface area contributed by atoms with Gasteiger partial charge < -0.3 is 9.88 Å². The van der Waals surface area contributed by atoms with Crippen molar-refractivity contribution in [1.29, 1.82) is 0 Å². The molecule has 0 bridgehead atoms. The Morgan fingerprint density at radius 2 is 2.15 bits per heavy atom. The van der Waals surface area contributed by atoms with E-state index >= 15 is 0 Å². The quantitative estimate of drug-likeness (QED) is 0.849. The van der Waals surface area contributed by atoms with Crippen molar-refractivity contribution in [2.24, 2.45) is 7.05 Å². The largest absolute Gasteiger partial charge is 0.352 e. The fourth-order valence-corrected chi connectivity index (χ4v) is 2.20. The number of rotatable bonds is 5. The molecular formula is C16H21N3O. The van der Waals surface area contributed by atoms with E-state index in [-0.39, 0.29) is 5.91 Å². The van der Waals surface area contributed by atoms with E-state index in [2.05, 4.69) is 10.3 Å². The van der Waals surface area contributed by atoms with E-state index in [4.69, 9.17) is 0 Å². The van der Waals surface area contributed by atoms with Gasteiger partial charge in [0.1, 0.15) is 0 Å². The molecule has 4 heteroatoms. The minimum atomic E-state index is 0.00669. The molecule has 20 heavy (non-hydrogen) atoms. The van der Waals surface area contributed by atoms with Crippen LogP contribution in [0.4, 0.5) is 0 Å². The summed E-state index contributed by atoms with van der Waals surface area (Å²) in [5, 5.41) is 2.97. The molecule has 4 nitrogen and oxygen atoms in total. The Kier molecular flexibility index (Phi) is 4.56. The first kappa shape index (κ1) is 14.3. The molecule has 2 aromatic heterocycles. The van der Waals surface area contributed by atoms with Gasteiger partial charge in [0.25, 0.3) is 5.91 Å². The molecule has 0 radical (unpaired) electrons. The Morgan fingerprint density at radius 1 is 1.35 bits per heavy atom. The molecule has 0 saturated carbocycles. The number of hydrogen-bond donors (Lipinski definition) is 1. The smallest absolute Gasteiger partial charge is 0.253 e. The standard InChI is InChI=1S/C16H21N3O/c1-12-11-15(13(2)19(12)3)16(20)18-10-6-8-14-7-4-5-9-17-14/h4-5,7,9,11H,6,8,10H2,1-3H3,(H,18,20). The first-order valence-corrected chi connectivity index (χ1v) is 6.90. The molecule has 0 aliphatic rings. The summed E-state index contributed by atoms with van der Waals surface area (Å²) in [6, 6.07) is 7.83. The van der Waals surface area contributed by atoms with Crippen molar-refractivity contribution in [2.45, 2.75) is 26.7 Å². The van der Waals surface area contributed by atoms with Gasteiger partial charge in [-0.05, 0) is 44.9 Å². The average molecular weight is 271 g/mol. The van der Waals surface area contributed by atoms with Crippen molar-refractivity contribution < 1.29 is 4.79 Å². The molecule has 0 aromatic carbocycles. The lowest BCUT2D eigenvalue weighted by molar-refractivity contribution is 0.0952. The normalized spacial score (nSPS) is 10.6. The number of nitrogens with zero attached hydrogens (tertiary/aromatic N) is 2. The number of amides is 1. The highest BCUT2D eigenvalue weighted by Crippen LogP contribution is 2.12. The molecule has 2 rings (SSSR count). The van der Waals surface area contributed by atoms with Gasteiger partial charge in [-0.3, -0.25) is 9.78 Å². The Hall–Kier alpha value is -2.10. The van der Waals surface area contributed by atoms with Gasteiger partial charge in [0, 0.05) is 36.9 Å². The van der Waals surface area contributed by atoms with Gasteiger partial charge in [-0.25, -0.2) is 0 Å². The van der Waals surface area contributed by atoms with Crippen LogP contribution in [-0.2, 0) is 13.5 Å². The Labute approximate surface area is 119 Å². The fourth-order valence-electron chi connectivity index (χ4n) is 2.20. The minimum Gasteiger partial charge on any atom is -0.352 e. The van der Waals surface area contributed by atoms with E-state index in [1.54, 1.807) is 6.20 Å². The summed E-state index contributed by atoms with van der Waals surface area (Å²) in [4.78, 5) is 16.4. The predicted octanol–water partition coefficient (Wildman–Crippen LogP) is 2.40. The molecule has 0 unspecified atom stereocenters. The van der Waals surface area contributed by atoms with Gasteiger partial charge in [-0.2, -0.15) is 0 Å². The molecule has 0 spiro atoms. The maximum atomic E-state index is 12.1. The molecule has 0 saturated heterocycles. The summed E-state index contributed by atoms with van der Waals surface area (Å²) in [5.74, 6) is 0.00669. The van der Waals surface area contributed by atoms with Crippen LogP contribution >= 0.6 is 0 Å². The Morgan fingerprint density at radius 3 is 2.75 bits per heavy atom. The monoisotopic (exact) mass is 271 g/mol. The number of aryl methyl sites for hydroxylation is 2. The highest BCUT2D eigenvalue weighted by molar-refractivity contribution is 5.95. The summed E-state index contributed by atoms with van der Waals surface area (Å²) >= 11 is 0. The van der Waals surface area contributed by atoms with Crippen molar-refractivity contribution in [3.8, 4) is 0 Å². The molecule has 0 fully saturated rings. The molecule has 1 amide bonds. The SMILES string of the molecule is Cc1cc(C(=O)NCCCc2ccccn2)c(C)n1C. The number of pyridine rings is 1. The number of nitrogens with one attached hydrogen (secondary N) is 1. The lowest BCUT2D eigenvalue weighted by Crippen LogP contribution is -2.25. The maximum absolute atomic E-state index is 12.1. The molecule has 0 aliphatic heterocycles. The van der Waals surface area contributed by atoms with Gasteiger partial charge in [-0.1, -0.05) is 6.07 Å². The van der Waals surface area contributed by atoms with Crippen LogP contribution in [0, 0.1) is 13.8 Å². The molecule has 1 N–H and O–H groups in total. The van der Waals surface area contributed by atoms with Gasteiger partial charge in [0.15, 0.2) is 0 Å². The van der Waals surface area contributed by atoms with Crippen molar-refractivity contribution in [2.75, 3.05) is 6.54 Å². The molecule has 106 valence electrons. The van der Waals surface area contributed by atoms with Crippen molar-refractivity contribution in [1.82, 2.24) is 14.9 Å². The van der Waals surface area contributed by atoms with Crippen molar-refractivity contribution >= 4 is 5.91 Å². The maximum Gasteiger partial charge on any atom is 0.253 e. The predicted molar refractivity (Wildman–Crippen MR) is 79.8 cm³/mol. The van der Waals surface area contributed by atoms with Crippen molar-refractivity contribution in [3.05, 3.63) is 53.1 Å². The lowest BCUT2D eigenvalue weighted by atomic mass is 10.2. The zero-order valence-electron chi connectivity index (χ0n) is 12.3. The number of carbonyl (C=O) groups is 1. The third kappa shape index (κ3) is 3.26. The van der Waals surface area contributed by atoms with Gasteiger partial charge in [0.2, 0.25) is 0 Å².